The summed E-state index contributed by atoms with van der Waals surface area (Å²) in [6.07, 6.45) is 1.60. The fourth-order valence-electron chi connectivity index (χ4n) is 2.83. The van der Waals surface area contributed by atoms with Gasteiger partial charge >= 0.3 is 0 Å². The van der Waals surface area contributed by atoms with Crippen molar-refractivity contribution in [2.45, 2.75) is 0 Å². The number of aliphatic imine (C=N–C) groups is 1. The Bertz CT molecular complexity index is 949. The third-order valence-electron chi connectivity index (χ3n) is 4.04. The summed E-state index contributed by atoms with van der Waals surface area (Å²) in [5.74, 6) is -0.506. The molecule has 0 aromatic heterocycles. The van der Waals surface area contributed by atoms with E-state index in [4.69, 9.17) is 11.6 Å². The number of para-hydroxylation sites is 1. The fourth-order valence-corrected chi connectivity index (χ4v) is 3.02. The number of nitrogens with zero attached hydrogens (tertiary/aromatic N) is 3. The molecule has 6 heteroatoms. The zero-order valence-electron chi connectivity index (χ0n) is 12.7. The van der Waals surface area contributed by atoms with Gasteiger partial charge in [-0.25, -0.2) is 9.89 Å². The molecule has 0 atom stereocenters. The van der Waals surface area contributed by atoms with E-state index in [1.54, 1.807) is 42.3 Å². The van der Waals surface area contributed by atoms with Crippen LogP contribution in [-0.4, -0.2) is 29.7 Å². The van der Waals surface area contributed by atoms with Gasteiger partial charge in [-0.2, -0.15) is 0 Å². The lowest BCUT2D eigenvalue weighted by atomic mass is 10.1. The summed E-state index contributed by atoms with van der Waals surface area (Å²) in [5, 5.41) is 0.519. The molecule has 0 radical (unpaired) electrons. The minimum atomic E-state index is -0.448. The molecule has 0 fully saturated rings. The normalized spacial score (nSPS) is 17.9. The number of amides is 2. The van der Waals surface area contributed by atoms with E-state index >= 15 is 0 Å². The lowest BCUT2D eigenvalue weighted by Crippen LogP contribution is -2.50. The molecule has 2 aromatic rings. The quantitative estimate of drug-likeness (QED) is 0.593. The van der Waals surface area contributed by atoms with Crippen LogP contribution in [0, 0.1) is 0 Å². The summed E-state index contributed by atoms with van der Waals surface area (Å²) in [4.78, 5) is 32.5. The number of guanidine groups is 1. The Morgan fingerprint density at radius 3 is 2.50 bits per heavy atom. The second-order valence-electron chi connectivity index (χ2n) is 5.48. The minimum absolute atomic E-state index is 0.186. The summed E-state index contributed by atoms with van der Waals surface area (Å²) in [5.41, 5.74) is 2.07. The Hall–Kier alpha value is -2.92. The Morgan fingerprint density at radius 2 is 1.71 bits per heavy atom. The van der Waals surface area contributed by atoms with Gasteiger partial charge in [-0.3, -0.25) is 9.59 Å². The average Bonchev–Trinajstić information content (AvgIpc) is 2.92. The molecule has 0 saturated heterocycles. The Morgan fingerprint density at radius 1 is 1.00 bits per heavy atom. The third kappa shape index (κ3) is 2.06. The molecule has 0 aliphatic carbocycles. The first-order valence-corrected chi connectivity index (χ1v) is 7.72. The third-order valence-corrected chi connectivity index (χ3v) is 4.38. The topological polar surface area (TPSA) is 53.0 Å². The second kappa shape index (κ2) is 5.32. The molecule has 0 N–H and O–H groups in total. The van der Waals surface area contributed by atoms with Crippen LogP contribution < -0.4 is 4.90 Å². The standard InChI is InChI=1S/C18H12ClN3O2/c1-21-15-9-5-3-7-12(15)16(23)22-17(24)14(20-18(21)22)10-11-6-2-4-8-13(11)19/h2-10H,1H3/b14-10-. The molecule has 0 bridgehead atoms. The highest BCUT2D eigenvalue weighted by molar-refractivity contribution is 6.34. The van der Waals surface area contributed by atoms with Gasteiger partial charge in [-0.15, -0.1) is 0 Å². The van der Waals surface area contributed by atoms with Gasteiger partial charge in [0.25, 0.3) is 11.8 Å². The first-order valence-electron chi connectivity index (χ1n) is 7.34. The number of hydrogen-bond donors (Lipinski definition) is 0. The van der Waals surface area contributed by atoms with Crippen LogP contribution >= 0.6 is 11.6 Å². The highest BCUT2D eigenvalue weighted by Gasteiger charge is 2.42. The van der Waals surface area contributed by atoms with Crippen molar-refractivity contribution in [1.82, 2.24) is 4.90 Å². The molecular weight excluding hydrogens is 326 g/mol. The molecule has 0 unspecified atom stereocenters. The number of carbonyl (C=O) groups is 2. The zero-order chi connectivity index (χ0) is 16.8. The van der Waals surface area contributed by atoms with E-state index in [2.05, 4.69) is 4.99 Å². The van der Waals surface area contributed by atoms with Crippen molar-refractivity contribution in [3.05, 3.63) is 70.4 Å². The van der Waals surface area contributed by atoms with Crippen LogP contribution in [-0.2, 0) is 4.79 Å². The highest BCUT2D eigenvalue weighted by Crippen LogP contribution is 2.32. The van der Waals surface area contributed by atoms with Crippen molar-refractivity contribution in [3.8, 4) is 0 Å². The van der Waals surface area contributed by atoms with E-state index in [1.807, 2.05) is 24.3 Å². The van der Waals surface area contributed by atoms with Crippen molar-refractivity contribution >= 4 is 41.1 Å². The molecule has 5 nitrogen and oxygen atoms in total. The van der Waals surface area contributed by atoms with Crippen molar-refractivity contribution in [1.29, 1.82) is 0 Å². The number of rotatable bonds is 1. The van der Waals surface area contributed by atoms with E-state index in [1.165, 1.54) is 0 Å². The van der Waals surface area contributed by atoms with Crippen LogP contribution in [0.4, 0.5) is 5.69 Å². The van der Waals surface area contributed by atoms with Crippen LogP contribution in [0.5, 0.6) is 0 Å². The molecule has 0 spiro atoms. The predicted molar refractivity (Wildman–Crippen MR) is 92.9 cm³/mol. The Labute approximate surface area is 143 Å². The smallest absolute Gasteiger partial charge is 0.286 e. The molecule has 2 aliphatic rings. The lowest BCUT2D eigenvalue weighted by molar-refractivity contribution is -0.121. The van der Waals surface area contributed by atoms with Crippen molar-refractivity contribution in [2.24, 2.45) is 4.99 Å². The largest absolute Gasteiger partial charge is 0.314 e. The number of imide groups is 1. The maximum Gasteiger partial charge on any atom is 0.286 e. The summed E-state index contributed by atoms with van der Waals surface area (Å²) < 4.78 is 0. The van der Waals surface area contributed by atoms with E-state index in [9.17, 15) is 9.59 Å². The van der Waals surface area contributed by atoms with Crippen LogP contribution in [0.15, 0.2) is 59.2 Å². The zero-order valence-corrected chi connectivity index (χ0v) is 13.5. The number of halogens is 1. The van der Waals surface area contributed by atoms with E-state index in [0.717, 1.165) is 10.6 Å². The molecule has 0 saturated carbocycles. The maximum atomic E-state index is 12.7. The first kappa shape index (κ1) is 14.7. The van der Waals surface area contributed by atoms with Crippen molar-refractivity contribution in [3.63, 3.8) is 0 Å². The number of benzene rings is 2. The molecule has 2 heterocycles. The van der Waals surface area contributed by atoms with E-state index in [-0.39, 0.29) is 11.6 Å². The molecule has 2 amide bonds. The second-order valence-corrected chi connectivity index (χ2v) is 5.89. The summed E-state index contributed by atoms with van der Waals surface area (Å²) in [6.45, 7) is 0. The van der Waals surface area contributed by atoms with Crippen LogP contribution in [0.3, 0.4) is 0 Å². The monoisotopic (exact) mass is 337 g/mol. The summed E-state index contributed by atoms with van der Waals surface area (Å²) in [7, 11) is 1.78. The molecular formula is C18H12ClN3O2. The fraction of sp³-hybridized carbons (Fsp3) is 0.0556. The van der Waals surface area contributed by atoms with E-state index < -0.39 is 5.91 Å². The van der Waals surface area contributed by atoms with Gasteiger partial charge in [-0.05, 0) is 29.8 Å². The summed E-state index contributed by atoms with van der Waals surface area (Å²) in [6, 6.07) is 14.3. The predicted octanol–water partition coefficient (Wildman–Crippen LogP) is 3.17. The maximum absolute atomic E-state index is 12.7. The van der Waals surface area contributed by atoms with Gasteiger partial charge < -0.3 is 4.90 Å². The van der Waals surface area contributed by atoms with E-state index in [0.29, 0.717) is 22.1 Å². The molecule has 2 aromatic carbocycles. The van der Waals surface area contributed by atoms with Crippen LogP contribution in [0.1, 0.15) is 15.9 Å². The first-order chi connectivity index (χ1) is 11.6. The van der Waals surface area contributed by atoms with Crippen LogP contribution in [0.25, 0.3) is 6.08 Å². The number of hydrogen-bond acceptors (Lipinski definition) is 4. The van der Waals surface area contributed by atoms with Gasteiger partial charge in [0.2, 0.25) is 5.96 Å². The van der Waals surface area contributed by atoms with Gasteiger partial charge in [-0.1, -0.05) is 41.9 Å². The SMILES string of the molecule is CN1C2=N/C(=C\c3ccccc3Cl)C(=O)N2C(=O)c2ccccc21. The molecule has 2 aliphatic heterocycles. The number of fused-ring (bicyclic) bond motifs is 2. The van der Waals surface area contributed by atoms with Gasteiger partial charge in [0.1, 0.15) is 5.70 Å². The lowest BCUT2D eigenvalue weighted by Gasteiger charge is -2.31. The van der Waals surface area contributed by atoms with Crippen LogP contribution in [0.2, 0.25) is 5.02 Å². The molecule has 118 valence electrons. The Balaban J connectivity index is 1.82. The van der Waals surface area contributed by atoms with Crippen molar-refractivity contribution in [2.75, 3.05) is 11.9 Å². The average molecular weight is 338 g/mol. The Kier molecular flexibility index (Phi) is 3.25. The summed E-state index contributed by atoms with van der Waals surface area (Å²) >= 11 is 6.14. The highest BCUT2D eigenvalue weighted by atomic mass is 35.5. The van der Waals surface area contributed by atoms with Crippen molar-refractivity contribution < 1.29 is 9.59 Å². The van der Waals surface area contributed by atoms with Gasteiger partial charge in [0.05, 0.1) is 11.3 Å². The number of carbonyl (C=O) groups excluding carboxylic acids is 2. The molecule has 4 rings (SSSR count). The minimum Gasteiger partial charge on any atom is -0.314 e. The van der Waals surface area contributed by atoms with Gasteiger partial charge in [0, 0.05) is 12.1 Å². The number of anilines is 1. The van der Waals surface area contributed by atoms with Gasteiger partial charge in [0.15, 0.2) is 0 Å². The molecule has 24 heavy (non-hydrogen) atoms.